The lowest BCUT2D eigenvalue weighted by molar-refractivity contribution is -0.123. The van der Waals surface area contributed by atoms with E-state index in [0.29, 0.717) is 11.1 Å². The van der Waals surface area contributed by atoms with Gasteiger partial charge in [-0.15, -0.1) is 0 Å². The summed E-state index contributed by atoms with van der Waals surface area (Å²) in [6.07, 6.45) is 0. The van der Waals surface area contributed by atoms with Gasteiger partial charge in [-0.1, -0.05) is 38.1 Å². The van der Waals surface area contributed by atoms with E-state index in [1.54, 1.807) is 43.4 Å². The Balaban J connectivity index is 1.79. The Morgan fingerprint density at radius 3 is 2.53 bits per heavy atom. The average Bonchev–Trinajstić information content (AvgIpc) is 3.00. The van der Waals surface area contributed by atoms with Crippen LogP contribution in [0.5, 0.6) is 0 Å². The summed E-state index contributed by atoms with van der Waals surface area (Å²) < 4.78 is 27.0. The number of nitrogens with one attached hydrogen (secondary N) is 3. The molecule has 1 atom stereocenters. The molecule has 0 unspecified atom stereocenters. The van der Waals surface area contributed by atoms with Crippen LogP contribution in [0.2, 0.25) is 0 Å². The number of sulfonamides is 1. The van der Waals surface area contributed by atoms with Gasteiger partial charge in [0.2, 0.25) is 5.91 Å². The third-order valence-corrected chi connectivity index (χ3v) is 6.11. The zero-order valence-corrected chi connectivity index (χ0v) is 17.8. The maximum atomic E-state index is 12.8. The third kappa shape index (κ3) is 4.51. The van der Waals surface area contributed by atoms with Crippen molar-refractivity contribution in [2.24, 2.45) is 10.9 Å². The van der Waals surface area contributed by atoms with Crippen LogP contribution in [0.25, 0.3) is 0 Å². The van der Waals surface area contributed by atoms with E-state index >= 15 is 0 Å². The van der Waals surface area contributed by atoms with Crippen molar-refractivity contribution in [2.75, 3.05) is 7.05 Å². The second-order valence-electron chi connectivity index (χ2n) is 7.27. The van der Waals surface area contributed by atoms with Crippen molar-refractivity contribution < 1.29 is 18.0 Å². The van der Waals surface area contributed by atoms with Crippen molar-refractivity contribution >= 4 is 27.7 Å². The van der Waals surface area contributed by atoms with E-state index in [0.717, 1.165) is 5.56 Å². The Kier molecular flexibility index (Phi) is 6.21. The smallest absolute Gasteiger partial charge is 0.263 e. The van der Waals surface area contributed by atoms with Crippen LogP contribution >= 0.6 is 0 Å². The molecule has 3 rings (SSSR count). The van der Waals surface area contributed by atoms with Crippen molar-refractivity contribution in [1.29, 1.82) is 0 Å². The van der Waals surface area contributed by atoms with Gasteiger partial charge in [0.1, 0.15) is 11.9 Å². The summed E-state index contributed by atoms with van der Waals surface area (Å²) >= 11 is 0. The fraction of sp³-hybridized carbons (Fsp3) is 0.286. The number of fused-ring (bicyclic) bond motifs is 1. The van der Waals surface area contributed by atoms with Gasteiger partial charge in [0.05, 0.1) is 4.90 Å². The van der Waals surface area contributed by atoms with Gasteiger partial charge >= 0.3 is 0 Å². The Labute approximate surface area is 175 Å². The lowest BCUT2D eigenvalue weighted by atomic mass is 10.0. The highest BCUT2D eigenvalue weighted by Crippen LogP contribution is 2.23. The molecule has 30 heavy (non-hydrogen) atoms. The van der Waals surface area contributed by atoms with Gasteiger partial charge < -0.3 is 10.6 Å². The molecule has 1 aliphatic heterocycles. The molecule has 9 heteroatoms. The first-order valence-electron chi connectivity index (χ1n) is 9.51. The van der Waals surface area contributed by atoms with Gasteiger partial charge in [0, 0.05) is 24.7 Å². The number of hydrogen-bond acceptors (Lipinski definition) is 5. The number of amides is 2. The Morgan fingerprint density at radius 1 is 1.10 bits per heavy atom. The molecular weight excluding hydrogens is 404 g/mol. The fourth-order valence-corrected chi connectivity index (χ4v) is 4.38. The number of hydrogen-bond donors (Lipinski definition) is 3. The summed E-state index contributed by atoms with van der Waals surface area (Å²) in [5, 5.41) is 5.39. The first kappa shape index (κ1) is 21.5. The quantitative estimate of drug-likeness (QED) is 0.645. The number of carbonyl (C=O) groups excluding carboxylic acids is 2. The average molecular weight is 429 g/mol. The van der Waals surface area contributed by atoms with E-state index in [-0.39, 0.29) is 35.0 Å². The van der Waals surface area contributed by atoms with E-state index in [2.05, 4.69) is 20.3 Å². The lowest BCUT2D eigenvalue weighted by Crippen LogP contribution is -2.38. The van der Waals surface area contributed by atoms with Crippen molar-refractivity contribution in [1.82, 2.24) is 15.4 Å². The standard InChI is InChI=1S/C21H24N4O4S/c1-13(2)18(24-19-16-9-4-5-10-17(16)30(28,29)25-19)21(27)23-12-14-7-6-8-15(11-14)20(26)22-3/h4-11,13,18H,12H2,1-3H3,(H,22,26)(H,23,27)(H,24,25)/t18-/m0/s1. The summed E-state index contributed by atoms with van der Waals surface area (Å²) in [5.74, 6) is -0.527. The first-order valence-corrected chi connectivity index (χ1v) is 11.0. The molecule has 0 spiro atoms. The van der Waals surface area contributed by atoms with Gasteiger partial charge in [-0.3, -0.25) is 19.3 Å². The summed E-state index contributed by atoms with van der Waals surface area (Å²) in [7, 11) is -2.12. The monoisotopic (exact) mass is 428 g/mol. The van der Waals surface area contributed by atoms with Crippen LogP contribution in [-0.4, -0.2) is 39.2 Å². The molecule has 1 aliphatic rings. The van der Waals surface area contributed by atoms with Crippen LogP contribution in [0.1, 0.15) is 35.3 Å². The van der Waals surface area contributed by atoms with Crippen LogP contribution < -0.4 is 15.4 Å². The molecule has 2 aromatic carbocycles. The predicted octanol–water partition coefficient (Wildman–Crippen LogP) is 1.43. The number of carbonyl (C=O) groups is 2. The summed E-state index contributed by atoms with van der Waals surface area (Å²) in [6, 6.07) is 12.7. The molecule has 2 amide bonds. The van der Waals surface area contributed by atoms with E-state index in [9.17, 15) is 18.0 Å². The van der Waals surface area contributed by atoms with Gasteiger partial charge in [-0.2, -0.15) is 0 Å². The van der Waals surface area contributed by atoms with Crippen LogP contribution in [0.3, 0.4) is 0 Å². The molecule has 0 saturated carbocycles. The minimum atomic E-state index is -3.67. The van der Waals surface area contributed by atoms with Crippen LogP contribution in [-0.2, 0) is 21.4 Å². The first-order chi connectivity index (χ1) is 14.2. The number of amidine groups is 1. The molecule has 0 saturated heterocycles. The molecule has 1 heterocycles. The zero-order chi connectivity index (χ0) is 21.9. The topological polar surface area (TPSA) is 117 Å². The maximum Gasteiger partial charge on any atom is 0.263 e. The summed E-state index contributed by atoms with van der Waals surface area (Å²) in [4.78, 5) is 29.2. The molecule has 0 aliphatic carbocycles. The van der Waals surface area contributed by atoms with Crippen molar-refractivity contribution in [3.8, 4) is 0 Å². The maximum absolute atomic E-state index is 12.8. The van der Waals surface area contributed by atoms with Crippen molar-refractivity contribution in [2.45, 2.75) is 31.3 Å². The SMILES string of the molecule is CNC(=O)c1cccc(CNC(=O)[C@@H](N=C2NS(=O)(=O)c3ccccc32)C(C)C)c1. The number of nitrogens with zero attached hydrogens (tertiary/aromatic N) is 1. The van der Waals surface area contributed by atoms with Gasteiger partial charge in [-0.05, 0) is 35.7 Å². The van der Waals surface area contributed by atoms with Crippen LogP contribution in [0, 0.1) is 5.92 Å². The minimum Gasteiger partial charge on any atom is -0.355 e. The van der Waals surface area contributed by atoms with E-state index < -0.39 is 16.1 Å². The molecule has 0 radical (unpaired) electrons. The highest BCUT2D eigenvalue weighted by Gasteiger charge is 2.32. The van der Waals surface area contributed by atoms with E-state index in [4.69, 9.17) is 0 Å². The fourth-order valence-electron chi connectivity index (χ4n) is 3.14. The Bertz CT molecular complexity index is 1110. The second-order valence-corrected chi connectivity index (χ2v) is 8.92. The van der Waals surface area contributed by atoms with Gasteiger partial charge in [0.25, 0.3) is 15.9 Å². The highest BCUT2D eigenvalue weighted by atomic mass is 32.2. The van der Waals surface area contributed by atoms with Gasteiger partial charge in [0.15, 0.2) is 0 Å². The van der Waals surface area contributed by atoms with Crippen molar-refractivity contribution in [3.05, 3.63) is 65.2 Å². The van der Waals surface area contributed by atoms with E-state index in [1.165, 1.54) is 6.07 Å². The molecular formula is C21H24N4O4S. The van der Waals surface area contributed by atoms with Crippen molar-refractivity contribution in [3.63, 3.8) is 0 Å². The molecule has 158 valence electrons. The Hall–Kier alpha value is -3.20. The number of aliphatic imine (C=N–C) groups is 1. The number of benzene rings is 2. The highest BCUT2D eigenvalue weighted by molar-refractivity contribution is 7.90. The molecule has 0 aromatic heterocycles. The van der Waals surface area contributed by atoms with E-state index in [1.807, 2.05) is 19.9 Å². The third-order valence-electron chi connectivity index (χ3n) is 4.71. The normalized spacial score (nSPS) is 16.6. The summed E-state index contributed by atoms with van der Waals surface area (Å²) in [6.45, 7) is 3.91. The zero-order valence-electron chi connectivity index (χ0n) is 17.0. The molecule has 2 aromatic rings. The van der Waals surface area contributed by atoms with Crippen LogP contribution in [0.4, 0.5) is 0 Å². The minimum absolute atomic E-state index is 0.151. The van der Waals surface area contributed by atoms with Crippen LogP contribution in [0.15, 0.2) is 58.4 Å². The summed E-state index contributed by atoms with van der Waals surface area (Å²) in [5.41, 5.74) is 1.72. The molecule has 0 fully saturated rings. The lowest BCUT2D eigenvalue weighted by Gasteiger charge is -2.17. The molecule has 8 nitrogen and oxygen atoms in total. The Morgan fingerprint density at radius 2 is 1.83 bits per heavy atom. The molecule has 0 bridgehead atoms. The molecule has 3 N–H and O–H groups in total. The predicted molar refractivity (Wildman–Crippen MR) is 114 cm³/mol. The van der Waals surface area contributed by atoms with Gasteiger partial charge in [-0.25, -0.2) is 8.42 Å². The largest absolute Gasteiger partial charge is 0.355 e. The number of rotatable bonds is 6. The second kappa shape index (κ2) is 8.66.